The maximum Gasteiger partial charge on any atom is 0.276 e. The lowest BCUT2D eigenvalue weighted by atomic mass is 10.1. The summed E-state index contributed by atoms with van der Waals surface area (Å²) < 4.78 is 5.49. The minimum Gasteiger partial charge on any atom is -0.492 e. The van der Waals surface area contributed by atoms with Crippen LogP contribution < -0.4 is 15.6 Å². The zero-order valence-corrected chi connectivity index (χ0v) is 12.5. The van der Waals surface area contributed by atoms with Crippen molar-refractivity contribution in [2.24, 2.45) is 0 Å². The lowest BCUT2D eigenvalue weighted by Crippen LogP contribution is -2.19. The lowest BCUT2D eigenvalue weighted by molar-refractivity contribution is 0.102. The SMILES string of the molecule is CCOc1ccccc1NC(=O)c1n[nH]c(=O)c2ccccc12. The van der Waals surface area contributed by atoms with E-state index in [4.69, 9.17) is 4.74 Å². The minimum absolute atomic E-state index is 0.159. The van der Waals surface area contributed by atoms with Crippen LogP contribution in [0.15, 0.2) is 53.3 Å². The molecule has 1 amide bonds. The number of hydrogen-bond donors (Lipinski definition) is 2. The Balaban J connectivity index is 1.99. The summed E-state index contributed by atoms with van der Waals surface area (Å²) in [6, 6.07) is 14.0. The first-order chi connectivity index (χ1) is 11.2. The fourth-order valence-corrected chi connectivity index (χ4v) is 2.32. The molecule has 1 heterocycles. The number of hydrogen-bond acceptors (Lipinski definition) is 4. The quantitative estimate of drug-likeness (QED) is 0.776. The van der Waals surface area contributed by atoms with Gasteiger partial charge in [-0.2, -0.15) is 5.10 Å². The number of carbonyl (C=O) groups is 1. The molecule has 0 spiro atoms. The molecule has 6 nitrogen and oxygen atoms in total. The van der Waals surface area contributed by atoms with Crippen LogP contribution in [-0.2, 0) is 0 Å². The van der Waals surface area contributed by atoms with Gasteiger partial charge >= 0.3 is 0 Å². The molecule has 0 aliphatic carbocycles. The van der Waals surface area contributed by atoms with Crippen molar-refractivity contribution in [2.75, 3.05) is 11.9 Å². The van der Waals surface area contributed by atoms with E-state index in [1.54, 1.807) is 42.5 Å². The van der Waals surface area contributed by atoms with Crippen LogP contribution >= 0.6 is 0 Å². The molecule has 2 N–H and O–H groups in total. The highest BCUT2D eigenvalue weighted by Gasteiger charge is 2.15. The number of H-pyrrole nitrogens is 1. The highest BCUT2D eigenvalue weighted by molar-refractivity contribution is 6.11. The van der Waals surface area contributed by atoms with Crippen LogP contribution in [-0.4, -0.2) is 22.7 Å². The zero-order chi connectivity index (χ0) is 16.2. The van der Waals surface area contributed by atoms with Gasteiger partial charge in [0.05, 0.1) is 17.7 Å². The summed E-state index contributed by atoms with van der Waals surface area (Å²) in [5.41, 5.74) is 0.384. The largest absolute Gasteiger partial charge is 0.492 e. The number of anilines is 1. The molecule has 0 saturated heterocycles. The first kappa shape index (κ1) is 14.8. The number of rotatable bonds is 4. The maximum atomic E-state index is 12.5. The first-order valence-electron chi connectivity index (χ1n) is 7.21. The molecule has 116 valence electrons. The van der Waals surface area contributed by atoms with E-state index >= 15 is 0 Å². The molecule has 0 aliphatic rings. The van der Waals surface area contributed by atoms with Crippen molar-refractivity contribution >= 4 is 22.4 Å². The summed E-state index contributed by atoms with van der Waals surface area (Å²) in [6.07, 6.45) is 0. The number of aromatic amines is 1. The monoisotopic (exact) mass is 309 g/mol. The van der Waals surface area contributed by atoms with Crippen molar-refractivity contribution in [1.82, 2.24) is 10.2 Å². The van der Waals surface area contributed by atoms with Crippen LogP contribution in [0.4, 0.5) is 5.69 Å². The Morgan fingerprint density at radius 1 is 1.13 bits per heavy atom. The molecule has 3 rings (SSSR count). The zero-order valence-electron chi connectivity index (χ0n) is 12.5. The molecular formula is C17H15N3O3. The van der Waals surface area contributed by atoms with E-state index in [1.165, 1.54) is 0 Å². The van der Waals surface area contributed by atoms with E-state index in [9.17, 15) is 9.59 Å². The smallest absolute Gasteiger partial charge is 0.276 e. The predicted octanol–water partition coefficient (Wildman–Crippen LogP) is 2.57. The summed E-state index contributed by atoms with van der Waals surface area (Å²) in [5.74, 6) is 0.168. The average molecular weight is 309 g/mol. The van der Waals surface area contributed by atoms with Crippen molar-refractivity contribution in [1.29, 1.82) is 0 Å². The molecule has 0 aliphatic heterocycles. The number of nitrogens with one attached hydrogen (secondary N) is 2. The number of fused-ring (bicyclic) bond motifs is 1. The van der Waals surface area contributed by atoms with Crippen LogP contribution in [0, 0.1) is 0 Å². The molecule has 1 aromatic heterocycles. The molecule has 2 aromatic carbocycles. The van der Waals surface area contributed by atoms with E-state index in [0.717, 1.165) is 0 Å². The van der Waals surface area contributed by atoms with E-state index in [0.29, 0.717) is 28.8 Å². The Hall–Kier alpha value is -3.15. The number of benzene rings is 2. The Bertz CT molecular complexity index is 918. The van der Waals surface area contributed by atoms with Crippen LogP contribution in [0.2, 0.25) is 0 Å². The molecule has 0 unspecified atom stereocenters. The van der Waals surface area contributed by atoms with Crippen molar-refractivity contribution in [3.05, 3.63) is 64.6 Å². The molecule has 0 bridgehead atoms. The van der Waals surface area contributed by atoms with Gasteiger partial charge in [0.1, 0.15) is 5.75 Å². The summed E-state index contributed by atoms with van der Waals surface area (Å²) >= 11 is 0. The van der Waals surface area contributed by atoms with Gasteiger partial charge < -0.3 is 10.1 Å². The Labute approximate surface area is 132 Å². The van der Waals surface area contributed by atoms with Crippen molar-refractivity contribution < 1.29 is 9.53 Å². The van der Waals surface area contributed by atoms with E-state index in [-0.39, 0.29) is 11.3 Å². The highest BCUT2D eigenvalue weighted by atomic mass is 16.5. The average Bonchev–Trinajstić information content (AvgIpc) is 2.57. The second-order valence-corrected chi connectivity index (χ2v) is 4.83. The fourth-order valence-electron chi connectivity index (χ4n) is 2.32. The Morgan fingerprint density at radius 2 is 1.83 bits per heavy atom. The predicted molar refractivity (Wildman–Crippen MR) is 87.9 cm³/mol. The summed E-state index contributed by atoms with van der Waals surface area (Å²) in [6.45, 7) is 2.36. The molecule has 0 radical (unpaired) electrons. The Morgan fingerprint density at radius 3 is 2.61 bits per heavy atom. The number of carbonyl (C=O) groups excluding carboxylic acids is 1. The van der Waals surface area contributed by atoms with Gasteiger partial charge in [0.15, 0.2) is 5.69 Å². The minimum atomic E-state index is -0.412. The molecule has 0 saturated carbocycles. The van der Waals surface area contributed by atoms with Gasteiger partial charge in [0, 0.05) is 5.39 Å². The number of ether oxygens (including phenoxy) is 1. The topological polar surface area (TPSA) is 84.1 Å². The highest BCUT2D eigenvalue weighted by Crippen LogP contribution is 2.24. The number of para-hydroxylation sites is 2. The van der Waals surface area contributed by atoms with Crippen LogP contribution in [0.1, 0.15) is 17.4 Å². The fraction of sp³-hybridized carbons (Fsp3) is 0.118. The summed E-state index contributed by atoms with van der Waals surface area (Å²) in [5, 5.41) is 9.94. The second-order valence-electron chi connectivity index (χ2n) is 4.83. The molecule has 23 heavy (non-hydrogen) atoms. The standard InChI is InChI=1S/C17H15N3O3/c1-2-23-14-10-6-5-9-13(14)18-17(22)15-11-7-3-4-8-12(11)16(21)20-19-15/h3-10H,2H2,1H3,(H,18,22)(H,20,21). The van der Waals surface area contributed by atoms with Gasteiger partial charge in [-0.25, -0.2) is 5.10 Å². The summed E-state index contributed by atoms with van der Waals surface area (Å²) in [4.78, 5) is 24.3. The number of aromatic nitrogens is 2. The first-order valence-corrected chi connectivity index (χ1v) is 7.21. The number of nitrogens with zero attached hydrogens (tertiary/aromatic N) is 1. The van der Waals surface area contributed by atoms with Crippen LogP contribution in [0.25, 0.3) is 10.8 Å². The van der Waals surface area contributed by atoms with Gasteiger partial charge in [-0.05, 0) is 25.1 Å². The van der Waals surface area contributed by atoms with E-state index in [1.807, 2.05) is 13.0 Å². The third-order valence-corrected chi connectivity index (χ3v) is 3.35. The van der Waals surface area contributed by atoms with Gasteiger partial charge in [-0.15, -0.1) is 0 Å². The van der Waals surface area contributed by atoms with E-state index in [2.05, 4.69) is 15.5 Å². The van der Waals surface area contributed by atoms with Crippen molar-refractivity contribution in [3.8, 4) is 5.75 Å². The maximum absolute atomic E-state index is 12.5. The van der Waals surface area contributed by atoms with Crippen LogP contribution in [0.3, 0.4) is 0 Å². The van der Waals surface area contributed by atoms with Gasteiger partial charge in [0.2, 0.25) is 0 Å². The second kappa shape index (κ2) is 6.31. The molecule has 6 heteroatoms. The van der Waals surface area contributed by atoms with Gasteiger partial charge in [0.25, 0.3) is 11.5 Å². The van der Waals surface area contributed by atoms with Gasteiger partial charge in [-0.3, -0.25) is 9.59 Å². The van der Waals surface area contributed by atoms with Crippen molar-refractivity contribution in [3.63, 3.8) is 0 Å². The van der Waals surface area contributed by atoms with Crippen LogP contribution in [0.5, 0.6) is 5.75 Å². The molecule has 3 aromatic rings. The normalized spacial score (nSPS) is 10.5. The molecular weight excluding hydrogens is 294 g/mol. The van der Waals surface area contributed by atoms with E-state index < -0.39 is 5.91 Å². The summed E-state index contributed by atoms with van der Waals surface area (Å²) in [7, 11) is 0. The lowest BCUT2D eigenvalue weighted by Gasteiger charge is -2.11. The van der Waals surface area contributed by atoms with Crippen molar-refractivity contribution in [2.45, 2.75) is 6.92 Å². The Kier molecular flexibility index (Phi) is 4.05. The molecule has 0 atom stereocenters. The third-order valence-electron chi connectivity index (χ3n) is 3.35. The third kappa shape index (κ3) is 2.91. The number of amides is 1. The van der Waals surface area contributed by atoms with Gasteiger partial charge in [-0.1, -0.05) is 30.3 Å². The molecule has 0 fully saturated rings.